The van der Waals surface area contributed by atoms with Gasteiger partial charge in [-0.2, -0.15) is 4.98 Å². The average molecular weight is 534 g/mol. The van der Waals surface area contributed by atoms with Crippen LogP contribution in [-0.4, -0.2) is 74.2 Å². The third kappa shape index (κ3) is 7.17. The van der Waals surface area contributed by atoms with E-state index in [0.717, 1.165) is 10.8 Å². The van der Waals surface area contributed by atoms with Gasteiger partial charge >= 0.3 is 13.3 Å². The minimum Gasteiger partial charge on any atom is -0.393 e. The zero-order chi connectivity index (χ0) is 25.8. The number of aliphatic hydroxyl groups is 1. The number of imidazole rings is 1. The van der Waals surface area contributed by atoms with E-state index in [2.05, 4.69) is 19.9 Å². The van der Waals surface area contributed by atoms with E-state index >= 15 is 0 Å². The van der Waals surface area contributed by atoms with Crippen molar-refractivity contribution >= 4 is 42.2 Å². The molecule has 0 unspecified atom stereocenters. The number of nitrogens with two attached hydrogens (primary N) is 2. The van der Waals surface area contributed by atoms with Gasteiger partial charge in [0.1, 0.15) is 29.9 Å². The van der Waals surface area contributed by atoms with Crippen LogP contribution in [0, 0.1) is 5.82 Å². The Balaban J connectivity index is 0.000000198. The predicted molar refractivity (Wildman–Crippen MR) is 124 cm³/mol. The first kappa shape index (κ1) is 26.9. The first-order chi connectivity index (χ1) is 16.5. The van der Waals surface area contributed by atoms with Gasteiger partial charge in [-0.25, -0.2) is 24.1 Å². The molecule has 7 N–H and O–H groups in total. The quantitative estimate of drug-likeness (QED) is 0.241. The van der Waals surface area contributed by atoms with Crippen molar-refractivity contribution in [1.29, 1.82) is 0 Å². The van der Waals surface area contributed by atoms with Crippen molar-refractivity contribution in [3.63, 3.8) is 0 Å². The van der Waals surface area contributed by atoms with Gasteiger partial charge in [0.25, 0.3) is 0 Å². The second-order valence-corrected chi connectivity index (χ2v) is 10.1. The number of fused-ring (bicyclic) bond motifs is 1. The molecule has 4 heterocycles. The summed E-state index contributed by atoms with van der Waals surface area (Å²) in [5.41, 5.74) is 10.8. The molecular weight excluding hydrogens is 510 g/mol. The lowest BCUT2D eigenvalue weighted by atomic mass is 10.4. The van der Waals surface area contributed by atoms with Crippen molar-refractivity contribution in [3.05, 3.63) is 35.2 Å². The SMILES string of the molecule is C[C@H](Cn1cnc2c(N)ncnc21)OCP(=O)(O)O.Nc1nc(=O)n([C@@H]2CS[C@H](CO)O2)cc1F. The summed E-state index contributed by atoms with van der Waals surface area (Å²) in [4.78, 5) is 44.2. The largest absolute Gasteiger partial charge is 0.393 e. The van der Waals surface area contributed by atoms with E-state index in [1.807, 2.05) is 0 Å². The molecule has 0 amide bonds. The number of hydrogen-bond donors (Lipinski definition) is 5. The maximum atomic E-state index is 13.1. The molecule has 3 atom stereocenters. The monoisotopic (exact) mass is 534 g/mol. The molecule has 0 aliphatic carbocycles. The maximum absolute atomic E-state index is 13.1. The van der Waals surface area contributed by atoms with Gasteiger partial charge in [0.2, 0.25) is 0 Å². The lowest BCUT2D eigenvalue weighted by molar-refractivity contribution is -0.00677. The van der Waals surface area contributed by atoms with E-state index in [0.29, 0.717) is 23.5 Å². The van der Waals surface area contributed by atoms with Gasteiger partial charge in [-0.05, 0) is 6.92 Å². The van der Waals surface area contributed by atoms with E-state index in [4.69, 9.17) is 35.8 Å². The van der Waals surface area contributed by atoms with Gasteiger partial charge < -0.3 is 40.4 Å². The van der Waals surface area contributed by atoms with E-state index in [9.17, 15) is 13.8 Å². The standard InChI is InChI=1S/C9H14N5O4P.C8H10FN3O3S/c1-6(18-5-19(15,16)17)2-14-4-13-7-8(10)11-3-12-9(7)14;9-4-1-12(8(14)11-7(4)10)5-3-16-6(2-13)15-5/h3-4,6H,2,5H2,1H3,(H2,10,11,12)(H2,15,16,17);1,5-6,13H,2-3H2,(H2,10,11,14)/t6-;5-,6+/m10/s1. The van der Waals surface area contributed by atoms with Crippen LogP contribution >= 0.6 is 19.4 Å². The molecule has 3 aromatic rings. The molecule has 4 rings (SSSR count). The maximum Gasteiger partial charge on any atom is 0.351 e. The Hall–Kier alpha value is -2.66. The van der Waals surface area contributed by atoms with Crippen LogP contribution in [0.4, 0.5) is 16.0 Å². The zero-order valence-corrected chi connectivity index (χ0v) is 20.0. The number of ether oxygens (including phenoxy) is 2. The van der Waals surface area contributed by atoms with Crippen LogP contribution in [0.15, 0.2) is 23.6 Å². The molecule has 0 spiro atoms. The van der Waals surface area contributed by atoms with Gasteiger partial charge in [0, 0.05) is 5.75 Å². The topological polar surface area (TPSA) is 227 Å². The summed E-state index contributed by atoms with van der Waals surface area (Å²) < 4.78 is 36.9. The average Bonchev–Trinajstić information content (AvgIpc) is 3.43. The van der Waals surface area contributed by atoms with Crippen molar-refractivity contribution in [3.8, 4) is 0 Å². The molecule has 0 aromatic carbocycles. The van der Waals surface area contributed by atoms with Crippen LogP contribution in [0.1, 0.15) is 13.2 Å². The lowest BCUT2D eigenvalue weighted by Gasteiger charge is -2.14. The number of rotatable bonds is 7. The number of hydrogen-bond acceptors (Lipinski definition) is 12. The van der Waals surface area contributed by atoms with Crippen LogP contribution in [0.25, 0.3) is 11.2 Å². The number of halogens is 1. The molecule has 3 aromatic heterocycles. The van der Waals surface area contributed by atoms with Crippen LogP contribution in [-0.2, 0) is 20.6 Å². The molecular formula is C17H24FN8O7PS. The first-order valence-electron chi connectivity index (χ1n) is 9.98. The fourth-order valence-corrected chi connectivity index (χ4v) is 4.31. The van der Waals surface area contributed by atoms with Crippen LogP contribution < -0.4 is 17.2 Å². The summed E-state index contributed by atoms with van der Waals surface area (Å²) in [5.74, 6) is -0.449. The van der Waals surface area contributed by atoms with Crippen molar-refractivity contribution in [2.24, 2.45) is 0 Å². The highest BCUT2D eigenvalue weighted by Gasteiger charge is 2.28. The second-order valence-electron chi connectivity index (χ2n) is 7.30. The summed E-state index contributed by atoms with van der Waals surface area (Å²) in [6.45, 7) is 1.90. The summed E-state index contributed by atoms with van der Waals surface area (Å²) >= 11 is 1.35. The molecule has 15 nitrogen and oxygen atoms in total. The molecule has 1 aliphatic heterocycles. The summed E-state index contributed by atoms with van der Waals surface area (Å²) in [7, 11) is -4.16. The molecule has 0 radical (unpaired) electrons. The van der Waals surface area contributed by atoms with Gasteiger partial charge in [-0.1, -0.05) is 0 Å². The van der Waals surface area contributed by atoms with E-state index in [1.165, 1.54) is 24.4 Å². The third-order valence-electron chi connectivity index (χ3n) is 4.54. The second kappa shape index (κ2) is 11.4. The van der Waals surface area contributed by atoms with Gasteiger partial charge in [0.15, 0.2) is 23.1 Å². The molecule has 18 heteroatoms. The van der Waals surface area contributed by atoms with Gasteiger partial charge in [0.05, 0.1) is 31.8 Å². The zero-order valence-electron chi connectivity index (χ0n) is 18.3. The van der Waals surface area contributed by atoms with Crippen molar-refractivity contribution in [1.82, 2.24) is 29.1 Å². The smallest absolute Gasteiger partial charge is 0.351 e. The van der Waals surface area contributed by atoms with E-state index < -0.39 is 49.0 Å². The summed E-state index contributed by atoms with van der Waals surface area (Å²) in [6, 6.07) is 0. The van der Waals surface area contributed by atoms with E-state index in [1.54, 1.807) is 11.5 Å². The lowest BCUT2D eigenvalue weighted by Crippen LogP contribution is -2.29. The number of thioether (sulfide) groups is 1. The van der Waals surface area contributed by atoms with Gasteiger partial charge in [-0.3, -0.25) is 9.13 Å². The molecule has 35 heavy (non-hydrogen) atoms. The molecule has 1 saturated heterocycles. The van der Waals surface area contributed by atoms with Crippen molar-refractivity contribution in [2.45, 2.75) is 31.2 Å². The first-order valence-corrected chi connectivity index (χ1v) is 12.8. The molecule has 0 bridgehead atoms. The highest BCUT2D eigenvalue weighted by Crippen LogP contribution is 2.34. The highest BCUT2D eigenvalue weighted by atomic mass is 32.2. The fraction of sp³-hybridized carbons (Fsp3) is 0.471. The van der Waals surface area contributed by atoms with Crippen LogP contribution in [0.5, 0.6) is 0 Å². The Bertz CT molecular complexity index is 1270. The minimum absolute atomic E-state index is 0.152. The fourth-order valence-electron chi connectivity index (χ4n) is 2.94. The van der Waals surface area contributed by atoms with Crippen molar-refractivity contribution in [2.75, 3.05) is 30.2 Å². The Morgan fingerprint density at radius 3 is 2.74 bits per heavy atom. The van der Waals surface area contributed by atoms with Crippen LogP contribution in [0.3, 0.4) is 0 Å². The minimum atomic E-state index is -4.16. The Morgan fingerprint density at radius 2 is 2.09 bits per heavy atom. The normalized spacial score (nSPS) is 18.9. The number of aliphatic hydroxyl groups excluding tert-OH is 1. The number of nitrogen functional groups attached to an aromatic ring is 2. The van der Waals surface area contributed by atoms with Crippen LogP contribution in [0.2, 0.25) is 0 Å². The van der Waals surface area contributed by atoms with E-state index in [-0.39, 0.29) is 12.4 Å². The third-order valence-corrected chi connectivity index (χ3v) is 6.13. The number of aromatic nitrogens is 6. The Morgan fingerprint density at radius 1 is 1.34 bits per heavy atom. The predicted octanol–water partition coefficient (Wildman–Crippen LogP) is -0.506. The molecule has 1 fully saturated rings. The molecule has 1 aliphatic rings. The Labute approximate surface area is 201 Å². The molecule has 0 saturated carbocycles. The number of nitrogens with zero attached hydrogens (tertiary/aromatic N) is 6. The summed E-state index contributed by atoms with van der Waals surface area (Å²) in [6.07, 6.45) is 2.20. The molecule has 192 valence electrons. The van der Waals surface area contributed by atoms with Crippen molar-refractivity contribution < 1.29 is 33.3 Å². The Kier molecular flexibility index (Phi) is 8.76. The number of anilines is 2. The highest BCUT2D eigenvalue weighted by molar-refractivity contribution is 8.00. The van der Waals surface area contributed by atoms with Gasteiger partial charge in [-0.15, -0.1) is 11.8 Å². The summed E-state index contributed by atoms with van der Waals surface area (Å²) in [5, 5.41) is 8.86.